The Morgan fingerprint density at radius 2 is 2.10 bits per heavy atom. The molecule has 1 aromatic heterocycles. The molecule has 2 heterocycles. The molecule has 1 aromatic rings. The maximum atomic E-state index is 11.8. The lowest BCUT2D eigenvalue weighted by atomic mass is 10.1. The van der Waals surface area contributed by atoms with Crippen molar-refractivity contribution in [2.45, 2.75) is 45.3 Å². The van der Waals surface area contributed by atoms with E-state index in [4.69, 9.17) is 4.74 Å². The van der Waals surface area contributed by atoms with E-state index < -0.39 is 11.7 Å². The van der Waals surface area contributed by atoms with Gasteiger partial charge in [0, 0.05) is 19.1 Å². The van der Waals surface area contributed by atoms with Crippen molar-refractivity contribution in [2.24, 2.45) is 0 Å². The second kappa shape index (κ2) is 6.15. The topological polar surface area (TPSA) is 87.6 Å². The van der Waals surface area contributed by atoms with Gasteiger partial charge in [0.15, 0.2) is 5.75 Å². The lowest BCUT2D eigenvalue weighted by Gasteiger charge is -2.33. The zero-order valence-electron chi connectivity index (χ0n) is 12.7. The van der Waals surface area contributed by atoms with E-state index in [1.54, 1.807) is 0 Å². The second-order valence-electron chi connectivity index (χ2n) is 6.17. The van der Waals surface area contributed by atoms with Gasteiger partial charge >= 0.3 is 6.09 Å². The SMILES string of the molecule is CC(C)(C)OC(=O)N[C@H]1CCCN(c2ncc(O)cn2)C1. The average Bonchev–Trinajstić information content (AvgIpc) is 2.37. The van der Waals surface area contributed by atoms with E-state index in [0.717, 1.165) is 19.4 Å². The molecule has 0 saturated carbocycles. The Hall–Kier alpha value is -2.05. The van der Waals surface area contributed by atoms with E-state index in [0.29, 0.717) is 12.5 Å². The van der Waals surface area contributed by atoms with E-state index in [1.807, 2.05) is 25.7 Å². The minimum atomic E-state index is -0.501. The smallest absolute Gasteiger partial charge is 0.407 e. The highest BCUT2D eigenvalue weighted by Gasteiger charge is 2.25. The normalized spacial score (nSPS) is 19.2. The van der Waals surface area contributed by atoms with Crippen molar-refractivity contribution >= 4 is 12.0 Å². The number of piperidine rings is 1. The molecule has 2 N–H and O–H groups in total. The molecule has 0 spiro atoms. The monoisotopic (exact) mass is 294 g/mol. The molecule has 0 bridgehead atoms. The molecule has 7 heteroatoms. The molecule has 0 unspecified atom stereocenters. The van der Waals surface area contributed by atoms with Crippen LogP contribution in [0.1, 0.15) is 33.6 Å². The third kappa shape index (κ3) is 4.77. The predicted molar refractivity (Wildman–Crippen MR) is 78.3 cm³/mol. The first kappa shape index (κ1) is 15.3. The number of ether oxygens (including phenoxy) is 1. The summed E-state index contributed by atoms with van der Waals surface area (Å²) in [5.74, 6) is 0.600. The van der Waals surface area contributed by atoms with E-state index in [2.05, 4.69) is 15.3 Å². The van der Waals surface area contributed by atoms with Gasteiger partial charge in [0.1, 0.15) is 5.60 Å². The van der Waals surface area contributed by atoms with Crippen LogP contribution in [0.15, 0.2) is 12.4 Å². The van der Waals surface area contributed by atoms with Crippen LogP contribution in [0.4, 0.5) is 10.7 Å². The van der Waals surface area contributed by atoms with Crippen LogP contribution in [0.2, 0.25) is 0 Å². The number of nitrogens with zero attached hydrogens (tertiary/aromatic N) is 3. The third-order valence-corrected chi connectivity index (χ3v) is 3.05. The van der Waals surface area contributed by atoms with Gasteiger partial charge in [0.2, 0.25) is 5.95 Å². The van der Waals surface area contributed by atoms with Crippen LogP contribution in [0.25, 0.3) is 0 Å². The number of anilines is 1. The first-order valence-electron chi connectivity index (χ1n) is 7.09. The number of hydrogen-bond acceptors (Lipinski definition) is 6. The van der Waals surface area contributed by atoms with Crippen LogP contribution in [-0.4, -0.2) is 45.9 Å². The second-order valence-corrected chi connectivity index (χ2v) is 6.17. The minimum Gasteiger partial charge on any atom is -0.505 e. The van der Waals surface area contributed by atoms with Crippen LogP contribution in [-0.2, 0) is 4.74 Å². The van der Waals surface area contributed by atoms with Gasteiger partial charge in [-0.05, 0) is 33.6 Å². The Balaban J connectivity index is 1.91. The number of aromatic nitrogens is 2. The van der Waals surface area contributed by atoms with Gasteiger partial charge in [-0.15, -0.1) is 0 Å². The summed E-state index contributed by atoms with van der Waals surface area (Å²) < 4.78 is 5.26. The lowest BCUT2D eigenvalue weighted by Crippen LogP contribution is -2.49. The molecule has 1 aliphatic heterocycles. The molecular formula is C14H22N4O3. The zero-order chi connectivity index (χ0) is 15.5. The van der Waals surface area contributed by atoms with Gasteiger partial charge in [-0.2, -0.15) is 0 Å². The lowest BCUT2D eigenvalue weighted by molar-refractivity contribution is 0.0500. The minimum absolute atomic E-state index is 0.00556. The summed E-state index contributed by atoms with van der Waals surface area (Å²) in [5.41, 5.74) is -0.501. The summed E-state index contributed by atoms with van der Waals surface area (Å²) in [6, 6.07) is 0.00556. The van der Waals surface area contributed by atoms with Crippen molar-refractivity contribution in [3.63, 3.8) is 0 Å². The molecule has 2 rings (SSSR count). The number of nitrogens with one attached hydrogen (secondary N) is 1. The molecule has 7 nitrogen and oxygen atoms in total. The number of alkyl carbamates (subject to hydrolysis) is 1. The van der Waals surface area contributed by atoms with Crippen molar-refractivity contribution < 1.29 is 14.6 Å². The van der Waals surface area contributed by atoms with Crippen LogP contribution in [0, 0.1) is 0 Å². The molecule has 1 fully saturated rings. The van der Waals surface area contributed by atoms with Gasteiger partial charge in [-0.25, -0.2) is 14.8 Å². The first-order chi connectivity index (χ1) is 9.83. The number of hydrogen-bond donors (Lipinski definition) is 2. The number of carbonyl (C=O) groups is 1. The van der Waals surface area contributed by atoms with Gasteiger partial charge in [0.25, 0.3) is 0 Å². The average molecular weight is 294 g/mol. The van der Waals surface area contributed by atoms with E-state index >= 15 is 0 Å². The third-order valence-electron chi connectivity index (χ3n) is 3.05. The van der Waals surface area contributed by atoms with E-state index in [1.165, 1.54) is 12.4 Å². The van der Waals surface area contributed by atoms with Crippen LogP contribution in [0.3, 0.4) is 0 Å². The van der Waals surface area contributed by atoms with Crippen molar-refractivity contribution in [2.75, 3.05) is 18.0 Å². The Bertz CT molecular complexity index is 484. The number of rotatable bonds is 2. The fraction of sp³-hybridized carbons (Fsp3) is 0.643. The Labute approximate surface area is 124 Å². The van der Waals surface area contributed by atoms with E-state index in [9.17, 15) is 9.90 Å². The molecule has 1 amide bonds. The van der Waals surface area contributed by atoms with Gasteiger partial charge in [-0.3, -0.25) is 0 Å². The Kier molecular flexibility index (Phi) is 4.50. The Morgan fingerprint density at radius 3 is 2.71 bits per heavy atom. The van der Waals surface area contributed by atoms with Gasteiger partial charge in [-0.1, -0.05) is 0 Å². The van der Waals surface area contributed by atoms with Crippen molar-refractivity contribution in [1.82, 2.24) is 15.3 Å². The molecule has 1 atom stereocenters. The van der Waals surface area contributed by atoms with Gasteiger partial charge in [0.05, 0.1) is 12.4 Å². The first-order valence-corrected chi connectivity index (χ1v) is 7.09. The molecule has 0 aromatic carbocycles. The molecule has 0 aliphatic carbocycles. The molecule has 116 valence electrons. The van der Waals surface area contributed by atoms with Crippen molar-refractivity contribution in [3.8, 4) is 5.75 Å². The predicted octanol–water partition coefficient (Wildman–Crippen LogP) is 1.68. The van der Waals surface area contributed by atoms with Crippen LogP contribution in [0.5, 0.6) is 5.75 Å². The Morgan fingerprint density at radius 1 is 1.43 bits per heavy atom. The quantitative estimate of drug-likeness (QED) is 0.863. The number of aromatic hydroxyl groups is 1. The van der Waals surface area contributed by atoms with Crippen LogP contribution >= 0.6 is 0 Å². The highest BCUT2D eigenvalue weighted by Crippen LogP contribution is 2.17. The molecular weight excluding hydrogens is 272 g/mol. The van der Waals surface area contributed by atoms with Crippen molar-refractivity contribution in [1.29, 1.82) is 0 Å². The summed E-state index contributed by atoms with van der Waals surface area (Å²) in [4.78, 5) is 22.0. The van der Waals surface area contributed by atoms with Crippen molar-refractivity contribution in [3.05, 3.63) is 12.4 Å². The summed E-state index contributed by atoms with van der Waals surface area (Å²) in [5, 5.41) is 12.1. The molecule has 21 heavy (non-hydrogen) atoms. The maximum Gasteiger partial charge on any atom is 0.407 e. The summed E-state index contributed by atoms with van der Waals surface area (Å²) in [6.07, 6.45) is 4.17. The highest BCUT2D eigenvalue weighted by atomic mass is 16.6. The van der Waals surface area contributed by atoms with E-state index in [-0.39, 0.29) is 11.8 Å². The summed E-state index contributed by atoms with van der Waals surface area (Å²) >= 11 is 0. The molecule has 0 radical (unpaired) electrons. The molecule has 1 saturated heterocycles. The summed E-state index contributed by atoms with van der Waals surface area (Å²) in [6.45, 7) is 6.97. The zero-order valence-corrected chi connectivity index (χ0v) is 12.7. The fourth-order valence-electron chi connectivity index (χ4n) is 2.23. The summed E-state index contributed by atoms with van der Waals surface area (Å²) in [7, 11) is 0. The standard InChI is InChI=1S/C14H22N4O3/c1-14(2,3)21-13(20)17-10-5-4-6-18(9-10)12-15-7-11(19)8-16-12/h7-8,10,19H,4-6,9H2,1-3H3,(H,17,20)/t10-/m0/s1. The molecule has 1 aliphatic rings. The van der Waals surface area contributed by atoms with Crippen LogP contribution < -0.4 is 10.2 Å². The number of amides is 1. The fourth-order valence-corrected chi connectivity index (χ4v) is 2.23. The van der Waals surface area contributed by atoms with Gasteiger partial charge < -0.3 is 20.1 Å². The maximum absolute atomic E-state index is 11.8. The number of carbonyl (C=O) groups excluding carboxylic acids is 1. The largest absolute Gasteiger partial charge is 0.505 e. The highest BCUT2D eigenvalue weighted by molar-refractivity contribution is 5.68.